The zero-order chi connectivity index (χ0) is 16.5. The van der Waals surface area contributed by atoms with Crippen molar-refractivity contribution in [2.45, 2.75) is 31.2 Å². The molecular weight excluding hydrogens is 326 g/mol. The number of aliphatic hydroxyl groups excluding tert-OH is 1. The van der Waals surface area contributed by atoms with Crippen molar-refractivity contribution in [1.82, 2.24) is 4.31 Å². The van der Waals surface area contributed by atoms with Gasteiger partial charge in [-0.2, -0.15) is 4.31 Å². The maximum Gasteiger partial charge on any atom is 0.243 e. The molecule has 0 unspecified atom stereocenters. The minimum Gasteiger partial charge on any atom is -0.395 e. The van der Waals surface area contributed by atoms with Gasteiger partial charge in [-0.05, 0) is 43.5 Å². The third kappa shape index (κ3) is 3.51. The van der Waals surface area contributed by atoms with Crippen LogP contribution in [0.15, 0.2) is 23.1 Å². The van der Waals surface area contributed by atoms with E-state index in [1.54, 1.807) is 12.1 Å². The van der Waals surface area contributed by atoms with E-state index in [1.165, 1.54) is 6.07 Å². The molecule has 0 radical (unpaired) electrons. The van der Waals surface area contributed by atoms with Crippen molar-refractivity contribution in [3.63, 3.8) is 0 Å². The Morgan fingerprint density at radius 2 is 1.95 bits per heavy atom. The summed E-state index contributed by atoms with van der Waals surface area (Å²) in [6.07, 6.45) is 0.270. The lowest BCUT2D eigenvalue weighted by Gasteiger charge is -2.26. The standard InChI is InChI=1S/C14H21NO5S2/c1-11-3-4-14(9-12(11)2)22(19,20)15(6-7-16)13-5-8-21(17,18)10-13/h3-4,9,13,16H,5-8,10H2,1-2H3/t13-/m1/s1. The SMILES string of the molecule is Cc1ccc(S(=O)(=O)N(CCO)[C@@H]2CCS(=O)(=O)C2)cc1C. The average molecular weight is 347 g/mol. The highest BCUT2D eigenvalue weighted by Gasteiger charge is 2.38. The van der Waals surface area contributed by atoms with Crippen LogP contribution in [0.4, 0.5) is 0 Å². The normalized spacial score (nSPS) is 21.4. The zero-order valence-corrected chi connectivity index (χ0v) is 14.3. The average Bonchev–Trinajstić information content (AvgIpc) is 2.78. The second-order valence-corrected chi connectivity index (χ2v) is 9.76. The van der Waals surface area contributed by atoms with Crippen molar-refractivity contribution in [2.24, 2.45) is 0 Å². The van der Waals surface area contributed by atoms with E-state index in [1.807, 2.05) is 13.8 Å². The second-order valence-electron chi connectivity index (χ2n) is 5.64. The van der Waals surface area contributed by atoms with E-state index < -0.39 is 25.9 Å². The van der Waals surface area contributed by atoms with Crippen LogP contribution in [0.3, 0.4) is 0 Å². The molecule has 1 aromatic rings. The first kappa shape index (κ1) is 17.4. The Balaban J connectivity index is 2.40. The molecule has 0 spiro atoms. The van der Waals surface area contributed by atoms with E-state index in [4.69, 9.17) is 0 Å². The molecule has 0 aliphatic carbocycles. The molecule has 1 N–H and O–H groups in total. The van der Waals surface area contributed by atoms with Gasteiger partial charge in [0.2, 0.25) is 10.0 Å². The van der Waals surface area contributed by atoms with Gasteiger partial charge in [0.15, 0.2) is 9.84 Å². The Morgan fingerprint density at radius 3 is 2.45 bits per heavy atom. The first-order valence-electron chi connectivity index (χ1n) is 7.08. The van der Waals surface area contributed by atoms with Gasteiger partial charge in [0, 0.05) is 12.6 Å². The van der Waals surface area contributed by atoms with Gasteiger partial charge >= 0.3 is 0 Å². The minimum absolute atomic E-state index is 0.0119. The van der Waals surface area contributed by atoms with Crippen LogP contribution in [-0.2, 0) is 19.9 Å². The molecule has 1 fully saturated rings. The van der Waals surface area contributed by atoms with Gasteiger partial charge in [-0.15, -0.1) is 0 Å². The van der Waals surface area contributed by atoms with Crippen molar-refractivity contribution in [1.29, 1.82) is 0 Å². The molecule has 8 heteroatoms. The summed E-state index contributed by atoms with van der Waals surface area (Å²) in [5, 5.41) is 9.18. The van der Waals surface area contributed by atoms with Crippen molar-refractivity contribution < 1.29 is 21.9 Å². The van der Waals surface area contributed by atoms with E-state index in [0.29, 0.717) is 0 Å². The minimum atomic E-state index is -3.83. The van der Waals surface area contributed by atoms with Crippen molar-refractivity contribution in [3.05, 3.63) is 29.3 Å². The molecule has 0 amide bonds. The van der Waals surface area contributed by atoms with Gasteiger partial charge in [-0.25, -0.2) is 16.8 Å². The topological polar surface area (TPSA) is 91.8 Å². The van der Waals surface area contributed by atoms with Crippen LogP contribution in [0.2, 0.25) is 0 Å². The van der Waals surface area contributed by atoms with Gasteiger partial charge < -0.3 is 5.11 Å². The summed E-state index contributed by atoms with van der Waals surface area (Å²) in [7, 11) is -7.03. The molecule has 1 saturated heterocycles. The van der Waals surface area contributed by atoms with Crippen LogP contribution < -0.4 is 0 Å². The lowest BCUT2D eigenvalue weighted by molar-refractivity contribution is 0.232. The number of benzene rings is 1. The quantitative estimate of drug-likeness (QED) is 0.836. The summed E-state index contributed by atoms with van der Waals surface area (Å²) in [6, 6.07) is 4.22. The molecule has 124 valence electrons. The predicted molar refractivity (Wildman–Crippen MR) is 84.0 cm³/mol. The van der Waals surface area contributed by atoms with Crippen molar-refractivity contribution >= 4 is 19.9 Å². The number of aliphatic hydroxyl groups is 1. The smallest absolute Gasteiger partial charge is 0.243 e. The molecule has 0 aromatic heterocycles. The third-order valence-corrected chi connectivity index (χ3v) is 7.72. The summed E-state index contributed by atoms with van der Waals surface area (Å²) in [5.41, 5.74) is 1.83. The fourth-order valence-corrected chi connectivity index (χ4v) is 6.17. The Kier molecular flexibility index (Phi) is 4.96. The Hall–Kier alpha value is -0.960. The summed E-state index contributed by atoms with van der Waals surface area (Å²) >= 11 is 0. The molecule has 2 rings (SSSR count). The Morgan fingerprint density at radius 1 is 1.27 bits per heavy atom. The number of sulfonamides is 1. The predicted octanol–water partition coefficient (Wildman–Crippen LogP) is 0.474. The summed E-state index contributed by atoms with van der Waals surface area (Å²) in [6.45, 7) is 3.27. The maximum absolute atomic E-state index is 12.8. The fraction of sp³-hybridized carbons (Fsp3) is 0.571. The van der Waals surface area contributed by atoms with E-state index in [0.717, 1.165) is 15.4 Å². The molecule has 1 aliphatic rings. The van der Waals surface area contributed by atoms with Crippen LogP contribution in [0, 0.1) is 13.8 Å². The molecule has 0 saturated carbocycles. The van der Waals surface area contributed by atoms with Crippen molar-refractivity contribution in [3.8, 4) is 0 Å². The Labute approximate surface area is 131 Å². The largest absolute Gasteiger partial charge is 0.395 e. The molecule has 1 heterocycles. The van der Waals surface area contributed by atoms with Gasteiger partial charge in [-0.3, -0.25) is 0 Å². The van der Waals surface area contributed by atoms with Gasteiger partial charge in [0.1, 0.15) is 0 Å². The number of sulfone groups is 1. The molecule has 22 heavy (non-hydrogen) atoms. The van der Waals surface area contributed by atoms with Crippen molar-refractivity contribution in [2.75, 3.05) is 24.7 Å². The highest BCUT2D eigenvalue weighted by atomic mass is 32.2. The molecule has 6 nitrogen and oxygen atoms in total. The molecule has 1 atom stereocenters. The highest BCUT2D eigenvalue weighted by molar-refractivity contribution is 7.92. The molecule has 0 bridgehead atoms. The van der Waals surface area contributed by atoms with Gasteiger partial charge in [0.05, 0.1) is 23.0 Å². The molecular formula is C14H21NO5S2. The molecule has 1 aliphatic heterocycles. The second kappa shape index (κ2) is 6.27. The monoisotopic (exact) mass is 347 g/mol. The van der Waals surface area contributed by atoms with Gasteiger partial charge in [0.25, 0.3) is 0 Å². The van der Waals surface area contributed by atoms with E-state index in [9.17, 15) is 21.9 Å². The maximum atomic E-state index is 12.8. The first-order valence-corrected chi connectivity index (χ1v) is 10.3. The number of hydrogen-bond acceptors (Lipinski definition) is 5. The summed E-state index contributed by atoms with van der Waals surface area (Å²) in [4.78, 5) is 0.133. The first-order chi connectivity index (χ1) is 10.2. The summed E-state index contributed by atoms with van der Waals surface area (Å²) < 4.78 is 50.0. The lowest BCUT2D eigenvalue weighted by Crippen LogP contribution is -2.42. The van der Waals surface area contributed by atoms with Crippen LogP contribution in [0.25, 0.3) is 0 Å². The van der Waals surface area contributed by atoms with E-state index in [-0.39, 0.29) is 36.0 Å². The Bertz CT molecular complexity index is 755. The van der Waals surface area contributed by atoms with Crippen LogP contribution in [0.1, 0.15) is 17.5 Å². The van der Waals surface area contributed by atoms with Crippen LogP contribution in [0.5, 0.6) is 0 Å². The van der Waals surface area contributed by atoms with Crippen LogP contribution >= 0.6 is 0 Å². The van der Waals surface area contributed by atoms with Gasteiger partial charge in [-0.1, -0.05) is 6.07 Å². The third-order valence-electron chi connectivity index (χ3n) is 4.02. The number of rotatable bonds is 5. The number of hydrogen-bond donors (Lipinski definition) is 1. The number of nitrogens with zero attached hydrogens (tertiary/aromatic N) is 1. The summed E-state index contributed by atoms with van der Waals surface area (Å²) in [5.74, 6) is -0.195. The highest BCUT2D eigenvalue weighted by Crippen LogP contribution is 2.25. The number of aryl methyl sites for hydroxylation is 2. The zero-order valence-electron chi connectivity index (χ0n) is 12.7. The van der Waals surface area contributed by atoms with E-state index in [2.05, 4.69) is 0 Å². The fourth-order valence-electron chi connectivity index (χ4n) is 2.61. The van der Waals surface area contributed by atoms with E-state index >= 15 is 0 Å². The molecule has 1 aromatic carbocycles. The lowest BCUT2D eigenvalue weighted by atomic mass is 10.1. The van der Waals surface area contributed by atoms with Crippen LogP contribution in [-0.4, -0.2) is 56.9 Å².